The molecule has 1 heterocycles. The average Bonchev–Trinajstić information content (AvgIpc) is 3.27. The summed E-state index contributed by atoms with van der Waals surface area (Å²) in [6.45, 7) is 4.96. The lowest BCUT2D eigenvalue weighted by Crippen LogP contribution is -2.40. The fourth-order valence-corrected chi connectivity index (χ4v) is 6.06. The molecule has 4 aromatic rings. The topological polar surface area (TPSA) is 122 Å². The van der Waals surface area contributed by atoms with Crippen LogP contribution in [0.3, 0.4) is 0 Å². The van der Waals surface area contributed by atoms with E-state index in [9.17, 15) is 18.0 Å². The van der Waals surface area contributed by atoms with Gasteiger partial charge in [-0.1, -0.05) is 30.3 Å². The first-order valence-electron chi connectivity index (χ1n) is 13.7. The smallest absolute Gasteiger partial charge is 0.255 e. The van der Waals surface area contributed by atoms with E-state index >= 15 is 0 Å². The van der Waals surface area contributed by atoms with E-state index < -0.39 is 22.5 Å². The van der Waals surface area contributed by atoms with Crippen molar-refractivity contribution in [3.63, 3.8) is 0 Å². The zero-order valence-electron chi connectivity index (χ0n) is 24.6. The second-order valence-corrected chi connectivity index (χ2v) is 11.9. The van der Waals surface area contributed by atoms with Gasteiger partial charge in [0.25, 0.3) is 5.91 Å². The van der Waals surface area contributed by atoms with Crippen molar-refractivity contribution in [1.82, 2.24) is 14.3 Å². The molecule has 0 atom stereocenters. The Hall–Kier alpha value is -4.74. The molecular weight excluding hydrogens is 566 g/mol. The van der Waals surface area contributed by atoms with Gasteiger partial charge in [-0.3, -0.25) is 9.59 Å². The molecule has 10 nitrogen and oxygen atoms in total. The summed E-state index contributed by atoms with van der Waals surface area (Å²) in [5.74, 6) is -0.0794. The van der Waals surface area contributed by atoms with Crippen LogP contribution in [-0.4, -0.2) is 55.5 Å². The lowest BCUT2D eigenvalue weighted by atomic mass is 10.1. The minimum atomic E-state index is -4.04. The third kappa shape index (κ3) is 7.97. The SMILES string of the molecule is COc1ccc(-n2c(C)cc(/C=N/NC(=O)CN(CCc3ccccc3)S(=O)(=O)c3ccc(NC(C)=O)cc3)c2C)cc1. The number of nitrogens with zero attached hydrogens (tertiary/aromatic N) is 3. The van der Waals surface area contributed by atoms with Crippen molar-refractivity contribution >= 4 is 33.7 Å². The molecule has 0 bridgehead atoms. The van der Waals surface area contributed by atoms with E-state index in [2.05, 4.69) is 20.4 Å². The van der Waals surface area contributed by atoms with Crippen molar-refractivity contribution in [2.24, 2.45) is 5.10 Å². The van der Waals surface area contributed by atoms with E-state index in [0.717, 1.165) is 38.3 Å². The first-order valence-corrected chi connectivity index (χ1v) is 15.1. The molecule has 43 heavy (non-hydrogen) atoms. The molecule has 224 valence electrons. The van der Waals surface area contributed by atoms with Crippen LogP contribution in [0, 0.1) is 13.8 Å². The van der Waals surface area contributed by atoms with Gasteiger partial charge in [0.2, 0.25) is 15.9 Å². The minimum Gasteiger partial charge on any atom is -0.497 e. The molecule has 0 aliphatic rings. The average molecular weight is 602 g/mol. The van der Waals surface area contributed by atoms with Gasteiger partial charge in [0.1, 0.15) is 5.75 Å². The van der Waals surface area contributed by atoms with Crippen molar-refractivity contribution in [3.8, 4) is 11.4 Å². The molecule has 2 amide bonds. The van der Waals surface area contributed by atoms with E-state index in [1.165, 1.54) is 31.2 Å². The quantitative estimate of drug-likeness (QED) is 0.184. The highest BCUT2D eigenvalue weighted by Gasteiger charge is 2.26. The molecular formula is C32H35N5O5S. The van der Waals surface area contributed by atoms with Crippen molar-refractivity contribution in [1.29, 1.82) is 0 Å². The van der Waals surface area contributed by atoms with Gasteiger partial charge in [0.05, 0.1) is 24.8 Å². The second-order valence-electron chi connectivity index (χ2n) is 9.93. The second kappa shape index (κ2) is 14.0. The Morgan fingerprint density at radius 2 is 1.65 bits per heavy atom. The molecule has 0 unspecified atom stereocenters. The molecule has 3 aromatic carbocycles. The van der Waals surface area contributed by atoms with Gasteiger partial charge in [-0.15, -0.1) is 0 Å². The number of hydrogen-bond donors (Lipinski definition) is 2. The Balaban J connectivity index is 1.49. The molecule has 0 spiro atoms. The summed E-state index contributed by atoms with van der Waals surface area (Å²) in [6, 6.07) is 24.9. The summed E-state index contributed by atoms with van der Waals surface area (Å²) in [5.41, 5.74) is 7.57. The lowest BCUT2D eigenvalue weighted by molar-refractivity contribution is -0.121. The fourth-order valence-electron chi connectivity index (χ4n) is 4.66. The predicted molar refractivity (Wildman–Crippen MR) is 167 cm³/mol. The Bertz CT molecular complexity index is 1700. The van der Waals surface area contributed by atoms with Crippen LogP contribution < -0.4 is 15.5 Å². The van der Waals surface area contributed by atoms with Gasteiger partial charge < -0.3 is 14.6 Å². The van der Waals surface area contributed by atoms with E-state index in [1.807, 2.05) is 74.5 Å². The van der Waals surface area contributed by atoms with Crippen molar-refractivity contribution in [2.45, 2.75) is 32.1 Å². The third-order valence-electron chi connectivity index (χ3n) is 6.82. The van der Waals surface area contributed by atoms with Gasteiger partial charge in [-0.25, -0.2) is 13.8 Å². The fraction of sp³-hybridized carbons (Fsp3) is 0.219. The number of carbonyl (C=O) groups is 2. The standard InChI is InChI=1S/C32H35N5O5S/c1-23-20-27(24(2)37(23)29-12-14-30(42-4)15-13-29)21-33-35-32(39)22-36(19-18-26-8-6-5-7-9-26)43(40,41)31-16-10-28(11-17-31)34-25(3)38/h5-17,20-21H,18-19,22H2,1-4H3,(H,34,38)(H,35,39)/b33-21+. The Morgan fingerprint density at radius 1 is 0.977 bits per heavy atom. The van der Waals surface area contributed by atoms with Gasteiger partial charge in [0, 0.05) is 41.8 Å². The number of ether oxygens (including phenoxy) is 1. The maximum atomic E-state index is 13.6. The monoisotopic (exact) mass is 601 g/mol. The number of carbonyl (C=O) groups excluding carboxylic acids is 2. The first kappa shape index (κ1) is 31.2. The summed E-state index contributed by atoms with van der Waals surface area (Å²) in [6.07, 6.45) is 1.96. The summed E-state index contributed by atoms with van der Waals surface area (Å²) >= 11 is 0. The van der Waals surface area contributed by atoms with Crippen LogP contribution in [0.2, 0.25) is 0 Å². The number of benzene rings is 3. The lowest BCUT2D eigenvalue weighted by Gasteiger charge is -2.21. The van der Waals surface area contributed by atoms with Gasteiger partial charge >= 0.3 is 0 Å². The van der Waals surface area contributed by atoms with E-state index in [-0.39, 0.29) is 17.3 Å². The van der Waals surface area contributed by atoms with Gasteiger partial charge in [-0.05, 0) is 80.4 Å². The molecule has 1 aromatic heterocycles. The molecule has 4 rings (SSSR count). The number of rotatable bonds is 12. The highest BCUT2D eigenvalue weighted by molar-refractivity contribution is 7.89. The number of anilines is 1. The molecule has 0 aliphatic heterocycles. The van der Waals surface area contributed by atoms with E-state index in [1.54, 1.807) is 13.3 Å². The van der Waals surface area contributed by atoms with Gasteiger partial charge in [-0.2, -0.15) is 9.41 Å². The van der Waals surface area contributed by atoms with Crippen LogP contribution in [-0.2, 0) is 26.0 Å². The Labute approximate surface area is 252 Å². The van der Waals surface area contributed by atoms with Crippen LogP contribution in [0.1, 0.15) is 29.4 Å². The zero-order valence-corrected chi connectivity index (χ0v) is 25.4. The first-order chi connectivity index (χ1) is 20.6. The van der Waals surface area contributed by atoms with Crippen LogP contribution in [0.15, 0.2) is 94.9 Å². The third-order valence-corrected chi connectivity index (χ3v) is 8.68. The zero-order chi connectivity index (χ0) is 31.0. The molecule has 0 radical (unpaired) electrons. The van der Waals surface area contributed by atoms with Crippen LogP contribution in [0.25, 0.3) is 5.69 Å². The Morgan fingerprint density at radius 3 is 2.28 bits per heavy atom. The number of aromatic nitrogens is 1. The van der Waals surface area contributed by atoms with Crippen LogP contribution >= 0.6 is 0 Å². The highest BCUT2D eigenvalue weighted by atomic mass is 32.2. The largest absolute Gasteiger partial charge is 0.497 e. The summed E-state index contributed by atoms with van der Waals surface area (Å²) in [7, 11) is -2.42. The van der Waals surface area contributed by atoms with Crippen molar-refractivity contribution in [2.75, 3.05) is 25.5 Å². The number of hydrazone groups is 1. The van der Waals surface area contributed by atoms with Crippen LogP contribution in [0.5, 0.6) is 5.75 Å². The van der Waals surface area contributed by atoms with E-state index in [0.29, 0.717) is 12.1 Å². The summed E-state index contributed by atoms with van der Waals surface area (Å²) in [5, 5.41) is 6.74. The van der Waals surface area contributed by atoms with E-state index in [4.69, 9.17) is 4.74 Å². The number of aryl methyl sites for hydroxylation is 1. The maximum absolute atomic E-state index is 13.6. The number of hydrogen-bond acceptors (Lipinski definition) is 6. The predicted octanol–water partition coefficient (Wildman–Crippen LogP) is 4.44. The van der Waals surface area contributed by atoms with Crippen LogP contribution in [0.4, 0.5) is 5.69 Å². The number of nitrogens with one attached hydrogen (secondary N) is 2. The summed E-state index contributed by atoms with van der Waals surface area (Å²) in [4.78, 5) is 24.3. The number of amides is 2. The molecule has 0 saturated carbocycles. The molecule has 0 aliphatic carbocycles. The number of sulfonamides is 1. The van der Waals surface area contributed by atoms with Gasteiger partial charge in [0.15, 0.2) is 0 Å². The molecule has 0 saturated heterocycles. The normalized spacial score (nSPS) is 11.6. The Kier molecular flexibility index (Phi) is 10.1. The number of methoxy groups -OCH3 is 1. The molecule has 2 N–H and O–H groups in total. The maximum Gasteiger partial charge on any atom is 0.255 e. The van der Waals surface area contributed by atoms with Crippen molar-refractivity contribution in [3.05, 3.63) is 107 Å². The molecule has 11 heteroatoms. The minimum absolute atomic E-state index is 0.0111. The van der Waals surface area contributed by atoms with Crippen molar-refractivity contribution < 1.29 is 22.7 Å². The highest BCUT2D eigenvalue weighted by Crippen LogP contribution is 2.22. The molecule has 0 fully saturated rings. The summed E-state index contributed by atoms with van der Waals surface area (Å²) < 4.78 is 35.6.